The smallest absolute Gasteiger partial charge is 0.362 e. The van der Waals surface area contributed by atoms with E-state index in [-0.39, 0.29) is 6.42 Å². The fraction of sp³-hybridized carbons (Fsp3) is 0.167. The maximum Gasteiger partial charge on any atom is 0.362 e. The van der Waals surface area contributed by atoms with Crippen LogP contribution in [-0.2, 0) is 16.1 Å². The molecule has 24 heavy (non-hydrogen) atoms. The summed E-state index contributed by atoms with van der Waals surface area (Å²) in [4.78, 5) is 39.4. The van der Waals surface area contributed by atoms with Gasteiger partial charge in [-0.3, -0.25) is 9.59 Å². The molecule has 0 heterocycles. The Balaban J connectivity index is 1.76. The van der Waals surface area contributed by atoms with Crippen molar-refractivity contribution in [2.24, 2.45) is 5.73 Å². The molecule has 2 aromatic rings. The van der Waals surface area contributed by atoms with Crippen LogP contribution in [0.4, 0.5) is 0 Å². The Morgan fingerprint density at radius 3 is 2.33 bits per heavy atom. The number of nitrogens with two attached hydrogens (primary N) is 1. The highest BCUT2D eigenvalue weighted by molar-refractivity contribution is 5.94. The number of rotatable bonds is 6. The lowest BCUT2D eigenvalue weighted by Crippen LogP contribution is -2.27. The second-order valence-corrected chi connectivity index (χ2v) is 5.16. The van der Waals surface area contributed by atoms with Gasteiger partial charge in [0.25, 0.3) is 5.91 Å². The van der Waals surface area contributed by atoms with Crippen LogP contribution >= 0.6 is 0 Å². The highest BCUT2D eigenvalue weighted by Gasteiger charge is 2.10. The maximum absolute atomic E-state index is 11.7. The zero-order valence-corrected chi connectivity index (χ0v) is 13.0. The van der Waals surface area contributed by atoms with E-state index in [1.54, 1.807) is 48.5 Å². The van der Waals surface area contributed by atoms with Crippen LogP contribution < -0.4 is 11.2 Å². The van der Waals surface area contributed by atoms with Crippen molar-refractivity contribution in [3.8, 4) is 0 Å². The Morgan fingerprint density at radius 1 is 0.958 bits per heavy atom. The summed E-state index contributed by atoms with van der Waals surface area (Å²) in [5, 5.41) is 0. The molecule has 2 rings (SSSR count). The Morgan fingerprint density at radius 2 is 1.62 bits per heavy atom. The Hall–Kier alpha value is -3.15. The van der Waals surface area contributed by atoms with E-state index in [0.717, 1.165) is 5.56 Å². The summed E-state index contributed by atoms with van der Waals surface area (Å²) in [6, 6.07) is 15.4. The zero-order chi connectivity index (χ0) is 17.4. The SMILES string of the molecule is NC(=O)c1ccccc1CCCC(=O)NOC(=O)c1ccccc1. The molecular weight excluding hydrogens is 308 g/mol. The topological polar surface area (TPSA) is 98.5 Å². The van der Waals surface area contributed by atoms with Crippen molar-refractivity contribution in [3.05, 3.63) is 71.3 Å². The number of aryl methyl sites for hydroxylation is 1. The molecule has 0 aromatic heterocycles. The van der Waals surface area contributed by atoms with Crippen molar-refractivity contribution >= 4 is 17.8 Å². The highest BCUT2D eigenvalue weighted by atomic mass is 16.7. The number of amides is 2. The van der Waals surface area contributed by atoms with E-state index in [0.29, 0.717) is 24.0 Å². The van der Waals surface area contributed by atoms with Gasteiger partial charge in [0.15, 0.2) is 0 Å². The molecule has 0 saturated heterocycles. The Kier molecular flexibility index (Phi) is 6.08. The molecule has 0 aliphatic rings. The molecule has 0 saturated carbocycles. The number of hydrogen-bond donors (Lipinski definition) is 2. The van der Waals surface area contributed by atoms with Gasteiger partial charge in [0.05, 0.1) is 5.56 Å². The first-order valence-corrected chi connectivity index (χ1v) is 7.50. The number of carbonyl (C=O) groups is 3. The van der Waals surface area contributed by atoms with Gasteiger partial charge in [0, 0.05) is 12.0 Å². The van der Waals surface area contributed by atoms with Crippen LogP contribution in [0.25, 0.3) is 0 Å². The summed E-state index contributed by atoms with van der Waals surface area (Å²) in [5.41, 5.74) is 9.03. The second kappa shape index (κ2) is 8.47. The van der Waals surface area contributed by atoms with E-state index in [2.05, 4.69) is 5.48 Å². The monoisotopic (exact) mass is 326 g/mol. The maximum atomic E-state index is 11.7. The van der Waals surface area contributed by atoms with E-state index >= 15 is 0 Å². The first-order chi connectivity index (χ1) is 11.6. The fourth-order valence-corrected chi connectivity index (χ4v) is 2.21. The standard InChI is InChI=1S/C18H18N2O4/c19-17(22)15-11-5-4-7-13(15)10-6-12-16(21)20-24-18(23)14-8-2-1-3-9-14/h1-5,7-9,11H,6,10,12H2,(H2,19,22)(H,20,21). The van der Waals surface area contributed by atoms with Gasteiger partial charge in [-0.05, 0) is 36.6 Å². The molecule has 124 valence electrons. The number of nitrogens with one attached hydrogen (secondary N) is 1. The van der Waals surface area contributed by atoms with Crippen molar-refractivity contribution in [3.63, 3.8) is 0 Å². The number of hydroxylamine groups is 1. The van der Waals surface area contributed by atoms with Gasteiger partial charge >= 0.3 is 5.97 Å². The van der Waals surface area contributed by atoms with Crippen molar-refractivity contribution in [1.82, 2.24) is 5.48 Å². The average Bonchev–Trinajstić information content (AvgIpc) is 2.60. The van der Waals surface area contributed by atoms with Crippen LogP contribution in [0.5, 0.6) is 0 Å². The van der Waals surface area contributed by atoms with Crippen LogP contribution in [0.2, 0.25) is 0 Å². The van der Waals surface area contributed by atoms with Gasteiger partial charge in [-0.15, -0.1) is 0 Å². The summed E-state index contributed by atoms with van der Waals surface area (Å²) in [6.45, 7) is 0. The van der Waals surface area contributed by atoms with Crippen molar-refractivity contribution in [1.29, 1.82) is 0 Å². The molecule has 0 aliphatic heterocycles. The van der Waals surface area contributed by atoms with Gasteiger partial charge < -0.3 is 10.6 Å². The minimum atomic E-state index is -0.622. The average molecular weight is 326 g/mol. The molecule has 6 heteroatoms. The molecule has 0 aliphatic carbocycles. The molecule has 6 nitrogen and oxygen atoms in total. The summed E-state index contributed by atoms with van der Waals surface area (Å²) < 4.78 is 0. The van der Waals surface area contributed by atoms with Crippen molar-refractivity contribution in [2.75, 3.05) is 0 Å². The Bertz CT molecular complexity index is 729. The second-order valence-electron chi connectivity index (χ2n) is 5.16. The van der Waals surface area contributed by atoms with Crippen molar-refractivity contribution < 1.29 is 19.2 Å². The normalized spacial score (nSPS) is 10.0. The first kappa shape index (κ1) is 17.2. The minimum absolute atomic E-state index is 0.162. The van der Waals surface area contributed by atoms with Crippen LogP contribution in [-0.4, -0.2) is 17.8 Å². The lowest BCUT2D eigenvalue weighted by atomic mass is 10.0. The van der Waals surface area contributed by atoms with Gasteiger partial charge in [0.1, 0.15) is 0 Å². The van der Waals surface area contributed by atoms with Crippen LogP contribution in [0, 0.1) is 0 Å². The number of benzene rings is 2. The zero-order valence-electron chi connectivity index (χ0n) is 13.0. The van der Waals surface area contributed by atoms with Crippen molar-refractivity contribution in [2.45, 2.75) is 19.3 Å². The summed E-state index contributed by atoms with van der Waals surface area (Å²) in [7, 11) is 0. The molecule has 3 N–H and O–H groups in total. The largest absolute Gasteiger partial charge is 0.366 e. The molecule has 0 fully saturated rings. The van der Waals surface area contributed by atoms with Crippen LogP contribution in [0.1, 0.15) is 39.1 Å². The van der Waals surface area contributed by atoms with E-state index in [9.17, 15) is 14.4 Å². The van der Waals surface area contributed by atoms with Crippen LogP contribution in [0.15, 0.2) is 54.6 Å². The lowest BCUT2D eigenvalue weighted by molar-refractivity contribution is -0.130. The van der Waals surface area contributed by atoms with E-state index < -0.39 is 17.8 Å². The molecule has 0 bridgehead atoms. The third-order valence-electron chi connectivity index (χ3n) is 3.40. The van der Waals surface area contributed by atoms with Gasteiger partial charge in [-0.25, -0.2) is 4.79 Å². The van der Waals surface area contributed by atoms with Crippen LogP contribution in [0.3, 0.4) is 0 Å². The predicted molar refractivity (Wildman–Crippen MR) is 87.9 cm³/mol. The summed E-state index contributed by atoms with van der Waals surface area (Å²) in [6.07, 6.45) is 1.19. The quantitative estimate of drug-likeness (QED) is 0.793. The molecule has 2 aromatic carbocycles. The lowest BCUT2D eigenvalue weighted by Gasteiger charge is -2.07. The van der Waals surface area contributed by atoms with E-state index in [1.807, 2.05) is 6.07 Å². The third kappa shape index (κ3) is 4.95. The number of hydrogen-bond acceptors (Lipinski definition) is 4. The molecule has 0 radical (unpaired) electrons. The van der Waals surface area contributed by atoms with Gasteiger partial charge in [-0.1, -0.05) is 36.4 Å². The van der Waals surface area contributed by atoms with E-state index in [1.165, 1.54) is 0 Å². The fourth-order valence-electron chi connectivity index (χ4n) is 2.21. The predicted octanol–water partition coefficient (Wildman–Crippen LogP) is 2.00. The number of primary amides is 1. The molecule has 0 spiro atoms. The molecule has 2 amide bonds. The van der Waals surface area contributed by atoms with E-state index in [4.69, 9.17) is 10.6 Å². The highest BCUT2D eigenvalue weighted by Crippen LogP contribution is 2.11. The summed E-state index contributed by atoms with van der Waals surface area (Å²) >= 11 is 0. The van der Waals surface area contributed by atoms with Gasteiger partial charge in [0.2, 0.25) is 5.91 Å². The van der Waals surface area contributed by atoms with Gasteiger partial charge in [-0.2, -0.15) is 5.48 Å². The molecule has 0 atom stereocenters. The molecule has 0 unspecified atom stereocenters. The number of carbonyl (C=O) groups excluding carboxylic acids is 3. The Labute approximate surface area is 139 Å². The summed E-state index contributed by atoms with van der Waals surface area (Å²) in [5.74, 6) is -1.52. The first-order valence-electron chi connectivity index (χ1n) is 7.50. The molecular formula is C18H18N2O4. The third-order valence-corrected chi connectivity index (χ3v) is 3.40. The minimum Gasteiger partial charge on any atom is -0.366 e.